The second-order valence-electron chi connectivity index (χ2n) is 3.68. The number of H-pyrrole nitrogens is 1. The zero-order valence-electron chi connectivity index (χ0n) is 8.49. The molecule has 0 amide bonds. The number of rotatable bonds is 0. The largest absolute Gasteiger partial charge is 0.339 e. The highest BCUT2D eigenvalue weighted by atomic mass is 79.9. The van der Waals surface area contributed by atoms with Gasteiger partial charge in [-0.3, -0.25) is 4.79 Å². The monoisotopic (exact) mass is 277 g/mol. The third-order valence-electron chi connectivity index (χ3n) is 2.78. The van der Waals surface area contributed by atoms with E-state index < -0.39 is 0 Å². The molecule has 2 heterocycles. The molecule has 0 fully saturated rings. The third kappa shape index (κ3) is 1.15. The van der Waals surface area contributed by atoms with Gasteiger partial charge >= 0.3 is 0 Å². The Morgan fingerprint density at radius 1 is 1.38 bits per heavy atom. The molecule has 0 radical (unpaired) electrons. The lowest BCUT2D eigenvalue weighted by Gasteiger charge is -1.96. The van der Waals surface area contributed by atoms with Crippen molar-refractivity contribution in [1.29, 1.82) is 0 Å². The van der Waals surface area contributed by atoms with Gasteiger partial charge in [-0.2, -0.15) is 5.10 Å². The van der Waals surface area contributed by atoms with E-state index in [1.54, 1.807) is 6.20 Å². The minimum Gasteiger partial charge on any atom is -0.339 e. The first-order valence-corrected chi connectivity index (χ1v) is 5.59. The highest BCUT2D eigenvalue weighted by Crippen LogP contribution is 2.27. The molecule has 1 aromatic carbocycles. The highest BCUT2D eigenvalue weighted by molar-refractivity contribution is 9.10. The van der Waals surface area contributed by atoms with Crippen LogP contribution < -0.4 is 5.56 Å². The average Bonchev–Trinajstić information content (AvgIpc) is 2.54. The van der Waals surface area contributed by atoms with Crippen molar-refractivity contribution in [3.05, 3.63) is 39.2 Å². The van der Waals surface area contributed by atoms with Gasteiger partial charge in [0.1, 0.15) is 5.52 Å². The van der Waals surface area contributed by atoms with Gasteiger partial charge in [0.25, 0.3) is 5.56 Å². The molecular formula is C11H8BrN3O. The molecule has 2 aromatic heterocycles. The summed E-state index contributed by atoms with van der Waals surface area (Å²) >= 11 is 3.43. The van der Waals surface area contributed by atoms with E-state index in [-0.39, 0.29) is 5.56 Å². The van der Waals surface area contributed by atoms with E-state index in [1.807, 2.05) is 29.8 Å². The summed E-state index contributed by atoms with van der Waals surface area (Å²) in [5.41, 5.74) is 1.52. The Kier molecular flexibility index (Phi) is 1.91. The van der Waals surface area contributed by atoms with E-state index >= 15 is 0 Å². The van der Waals surface area contributed by atoms with Crippen LogP contribution in [0, 0.1) is 0 Å². The van der Waals surface area contributed by atoms with E-state index in [4.69, 9.17) is 0 Å². The Bertz CT molecular complexity index is 757. The number of aromatic nitrogens is 3. The molecule has 0 aliphatic carbocycles. The first kappa shape index (κ1) is 9.59. The normalized spacial score (nSPS) is 11.4. The number of nitrogens with one attached hydrogen (secondary N) is 1. The standard InChI is InChI=1S/C11H8BrN3O/c1-15-9-3-2-6(12)4-7(9)8-5-13-14-11(16)10(8)15/h2-5H,1H3,(H,14,16). The molecule has 0 saturated heterocycles. The number of fused-ring (bicyclic) bond motifs is 3. The molecule has 4 nitrogen and oxygen atoms in total. The number of benzene rings is 1. The summed E-state index contributed by atoms with van der Waals surface area (Å²) in [6, 6.07) is 5.94. The first-order valence-electron chi connectivity index (χ1n) is 4.80. The third-order valence-corrected chi connectivity index (χ3v) is 3.27. The van der Waals surface area contributed by atoms with Gasteiger partial charge < -0.3 is 4.57 Å². The molecule has 3 rings (SSSR count). The van der Waals surface area contributed by atoms with Crippen LogP contribution >= 0.6 is 15.9 Å². The van der Waals surface area contributed by atoms with E-state index in [0.29, 0.717) is 5.52 Å². The van der Waals surface area contributed by atoms with Crippen molar-refractivity contribution in [1.82, 2.24) is 14.8 Å². The van der Waals surface area contributed by atoms with E-state index in [2.05, 4.69) is 26.1 Å². The number of nitrogens with zero attached hydrogens (tertiary/aromatic N) is 2. The zero-order valence-corrected chi connectivity index (χ0v) is 10.1. The van der Waals surface area contributed by atoms with Crippen molar-refractivity contribution >= 4 is 37.7 Å². The predicted molar refractivity (Wildman–Crippen MR) is 66.5 cm³/mol. The predicted octanol–water partition coefficient (Wildman–Crippen LogP) is 2.18. The smallest absolute Gasteiger partial charge is 0.288 e. The summed E-state index contributed by atoms with van der Waals surface area (Å²) in [5, 5.41) is 8.20. The topological polar surface area (TPSA) is 50.7 Å². The minimum atomic E-state index is -0.160. The summed E-state index contributed by atoms with van der Waals surface area (Å²) in [7, 11) is 1.88. The lowest BCUT2D eigenvalue weighted by Crippen LogP contribution is -2.10. The first-order chi connectivity index (χ1) is 7.68. The molecule has 0 bridgehead atoms. The average molecular weight is 278 g/mol. The van der Waals surface area contributed by atoms with Crippen molar-refractivity contribution in [2.75, 3.05) is 0 Å². The summed E-state index contributed by atoms with van der Waals surface area (Å²) in [6.45, 7) is 0. The quantitative estimate of drug-likeness (QED) is 0.685. The van der Waals surface area contributed by atoms with Crippen molar-refractivity contribution in [3.8, 4) is 0 Å². The Morgan fingerprint density at radius 3 is 3.00 bits per heavy atom. The Balaban J connectivity index is 2.71. The van der Waals surface area contributed by atoms with Crippen LogP contribution in [0.5, 0.6) is 0 Å². The maximum Gasteiger partial charge on any atom is 0.288 e. The van der Waals surface area contributed by atoms with Gasteiger partial charge in [0.05, 0.1) is 6.20 Å². The minimum absolute atomic E-state index is 0.160. The van der Waals surface area contributed by atoms with Crippen molar-refractivity contribution in [2.45, 2.75) is 0 Å². The molecule has 80 valence electrons. The fraction of sp³-hybridized carbons (Fsp3) is 0.0909. The summed E-state index contributed by atoms with van der Waals surface area (Å²) in [4.78, 5) is 11.7. The summed E-state index contributed by atoms with van der Waals surface area (Å²) in [6.07, 6.45) is 1.69. The number of aromatic amines is 1. The Morgan fingerprint density at radius 2 is 2.19 bits per heavy atom. The number of halogens is 1. The SMILES string of the molecule is Cn1c2ccc(Br)cc2c2cn[nH]c(=O)c21. The van der Waals surface area contributed by atoms with Crippen molar-refractivity contribution in [3.63, 3.8) is 0 Å². The molecule has 5 heteroatoms. The lowest BCUT2D eigenvalue weighted by molar-refractivity contribution is 0.958. The summed E-state index contributed by atoms with van der Waals surface area (Å²) in [5.74, 6) is 0. The highest BCUT2D eigenvalue weighted by Gasteiger charge is 2.11. The molecule has 0 spiro atoms. The molecule has 0 saturated carbocycles. The lowest BCUT2D eigenvalue weighted by atomic mass is 10.2. The van der Waals surface area contributed by atoms with Crippen LogP contribution in [0.1, 0.15) is 0 Å². The molecule has 16 heavy (non-hydrogen) atoms. The van der Waals surface area contributed by atoms with Gasteiger partial charge in [-0.05, 0) is 18.2 Å². The molecule has 0 atom stereocenters. The van der Waals surface area contributed by atoms with E-state index in [1.165, 1.54) is 0 Å². The molecule has 0 aliphatic heterocycles. The van der Waals surface area contributed by atoms with Crippen LogP contribution in [0.2, 0.25) is 0 Å². The van der Waals surface area contributed by atoms with Crippen molar-refractivity contribution in [2.24, 2.45) is 7.05 Å². The zero-order chi connectivity index (χ0) is 11.3. The van der Waals surface area contributed by atoms with Crippen LogP contribution in [0.4, 0.5) is 0 Å². The van der Waals surface area contributed by atoms with Crippen molar-refractivity contribution < 1.29 is 0 Å². The van der Waals surface area contributed by atoms with E-state index in [9.17, 15) is 4.79 Å². The van der Waals surface area contributed by atoms with Crippen LogP contribution in [0.3, 0.4) is 0 Å². The molecule has 1 N–H and O–H groups in total. The molecule has 0 aliphatic rings. The van der Waals surface area contributed by atoms with Crippen LogP contribution in [0.15, 0.2) is 33.7 Å². The summed E-state index contributed by atoms with van der Waals surface area (Å²) < 4.78 is 2.88. The maximum absolute atomic E-state index is 11.7. The van der Waals surface area contributed by atoms with Crippen LogP contribution in [0.25, 0.3) is 21.8 Å². The van der Waals surface area contributed by atoms with Crippen LogP contribution in [-0.2, 0) is 7.05 Å². The molecule has 3 aromatic rings. The van der Waals surface area contributed by atoms with Crippen LogP contribution in [-0.4, -0.2) is 14.8 Å². The van der Waals surface area contributed by atoms with Gasteiger partial charge in [0, 0.05) is 27.8 Å². The Hall–Kier alpha value is -1.62. The fourth-order valence-electron chi connectivity index (χ4n) is 2.06. The van der Waals surface area contributed by atoms with Gasteiger partial charge in [-0.15, -0.1) is 0 Å². The van der Waals surface area contributed by atoms with Gasteiger partial charge in [0.15, 0.2) is 0 Å². The fourth-order valence-corrected chi connectivity index (χ4v) is 2.42. The van der Waals surface area contributed by atoms with Gasteiger partial charge in [0.2, 0.25) is 0 Å². The number of hydrogen-bond donors (Lipinski definition) is 1. The van der Waals surface area contributed by atoms with Gasteiger partial charge in [-0.25, -0.2) is 5.10 Å². The van der Waals surface area contributed by atoms with Gasteiger partial charge in [-0.1, -0.05) is 15.9 Å². The number of aryl methyl sites for hydroxylation is 1. The maximum atomic E-state index is 11.7. The van der Waals surface area contributed by atoms with E-state index in [0.717, 1.165) is 20.8 Å². The molecule has 0 unspecified atom stereocenters. The second-order valence-corrected chi connectivity index (χ2v) is 4.60. The molecular weight excluding hydrogens is 270 g/mol. The number of hydrogen-bond acceptors (Lipinski definition) is 2. The second kappa shape index (κ2) is 3.18. The Labute approximate surface area is 99.0 Å².